The molecule has 0 spiro atoms. The smallest absolute Gasteiger partial charge is 0.140 e. The third-order valence-electron chi connectivity index (χ3n) is 2.17. The average Bonchev–Trinajstić information content (AvgIpc) is 2.85. The summed E-state index contributed by atoms with van der Waals surface area (Å²) in [6, 6.07) is 5.85. The van der Waals surface area contributed by atoms with Crippen molar-refractivity contribution in [2.75, 3.05) is 13.2 Å². The van der Waals surface area contributed by atoms with Gasteiger partial charge in [-0.3, -0.25) is 0 Å². The maximum atomic E-state index is 9.15. The summed E-state index contributed by atoms with van der Waals surface area (Å²) in [6.45, 7) is 0.636. The largest absolute Gasteiger partial charge is 0.393 e. The van der Waals surface area contributed by atoms with Gasteiger partial charge in [0.15, 0.2) is 0 Å². The predicted molar refractivity (Wildman–Crippen MR) is 56.6 cm³/mol. The number of halogens is 2. The van der Waals surface area contributed by atoms with Crippen LogP contribution in [0.5, 0.6) is 0 Å². The topological polar surface area (TPSA) is 32.8 Å². The minimum absolute atomic E-state index is 0.0350. The Bertz CT molecular complexity index is 334. The van der Waals surface area contributed by atoms with E-state index in [1.165, 1.54) is 0 Å². The van der Waals surface area contributed by atoms with Crippen LogP contribution < -0.4 is 0 Å². The second-order valence-electron chi connectivity index (χ2n) is 3.07. The fourth-order valence-electron chi connectivity index (χ4n) is 1.28. The first-order valence-electron chi connectivity index (χ1n) is 3.88. The first-order chi connectivity index (χ1) is 6.18. The van der Waals surface area contributed by atoms with Crippen LogP contribution in [0.2, 0.25) is 0 Å². The summed E-state index contributed by atoms with van der Waals surface area (Å²) in [4.78, 5) is 0. The number of epoxide rings is 1. The number of ether oxygens (including phenoxy) is 1. The quantitative estimate of drug-likeness (QED) is 0.851. The fourth-order valence-corrected chi connectivity index (χ4v) is 2.69. The van der Waals surface area contributed by atoms with Crippen LogP contribution in [0.3, 0.4) is 0 Å². The Hall–Kier alpha value is 0.1000. The maximum Gasteiger partial charge on any atom is 0.140 e. The predicted octanol–water partition coefficient (Wildman–Crippen LogP) is 2.43. The van der Waals surface area contributed by atoms with Gasteiger partial charge in [0.25, 0.3) is 0 Å². The summed E-state index contributed by atoms with van der Waals surface area (Å²) in [5, 5.41) is 9.15. The molecule has 0 unspecified atom stereocenters. The molecule has 4 heteroatoms. The fraction of sp³-hybridized carbons (Fsp3) is 0.333. The van der Waals surface area contributed by atoms with Gasteiger partial charge in [0, 0.05) is 14.5 Å². The van der Waals surface area contributed by atoms with E-state index in [-0.39, 0.29) is 6.61 Å². The highest BCUT2D eigenvalue weighted by Crippen LogP contribution is 2.42. The molecule has 13 heavy (non-hydrogen) atoms. The first kappa shape index (κ1) is 9.65. The van der Waals surface area contributed by atoms with Crippen molar-refractivity contribution in [3.63, 3.8) is 0 Å². The molecule has 1 N–H and O–H groups in total. The summed E-state index contributed by atoms with van der Waals surface area (Å²) in [6.07, 6.45) is 0. The summed E-state index contributed by atoms with van der Waals surface area (Å²) in [5.74, 6) is 0. The SMILES string of the molecule is OC[C@]1(c2ccc(Br)cc2Br)CO1. The number of hydrogen-bond acceptors (Lipinski definition) is 2. The Morgan fingerprint density at radius 3 is 2.62 bits per heavy atom. The zero-order chi connectivity index (χ0) is 9.47. The van der Waals surface area contributed by atoms with Crippen molar-refractivity contribution in [1.29, 1.82) is 0 Å². The van der Waals surface area contributed by atoms with Crippen LogP contribution in [0, 0.1) is 0 Å². The van der Waals surface area contributed by atoms with Gasteiger partial charge in [-0.15, -0.1) is 0 Å². The molecule has 1 heterocycles. The van der Waals surface area contributed by atoms with E-state index in [2.05, 4.69) is 31.9 Å². The van der Waals surface area contributed by atoms with Crippen molar-refractivity contribution < 1.29 is 9.84 Å². The van der Waals surface area contributed by atoms with E-state index >= 15 is 0 Å². The lowest BCUT2D eigenvalue weighted by molar-refractivity contribution is 0.172. The normalized spacial score (nSPS) is 26.1. The number of rotatable bonds is 2. The van der Waals surface area contributed by atoms with Gasteiger partial charge in [-0.2, -0.15) is 0 Å². The Morgan fingerprint density at radius 2 is 2.15 bits per heavy atom. The Kier molecular flexibility index (Phi) is 2.49. The molecular weight excluding hydrogens is 300 g/mol. The van der Waals surface area contributed by atoms with Gasteiger partial charge in [0.2, 0.25) is 0 Å². The Morgan fingerprint density at radius 1 is 1.46 bits per heavy atom. The van der Waals surface area contributed by atoms with Crippen LogP contribution in [0.25, 0.3) is 0 Å². The van der Waals surface area contributed by atoms with Crippen LogP contribution in [0.15, 0.2) is 27.1 Å². The van der Waals surface area contributed by atoms with E-state index in [0.717, 1.165) is 14.5 Å². The molecule has 70 valence electrons. The molecule has 1 fully saturated rings. The summed E-state index contributed by atoms with van der Waals surface area (Å²) < 4.78 is 7.23. The molecule has 0 saturated carbocycles. The highest BCUT2D eigenvalue weighted by atomic mass is 79.9. The molecule has 0 aliphatic carbocycles. The molecule has 2 rings (SSSR count). The van der Waals surface area contributed by atoms with Crippen molar-refractivity contribution in [2.45, 2.75) is 5.60 Å². The monoisotopic (exact) mass is 306 g/mol. The van der Waals surface area contributed by atoms with E-state index in [0.29, 0.717) is 6.61 Å². The zero-order valence-corrected chi connectivity index (χ0v) is 9.93. The molecule has 1 aromatic rings. The van der Waals surface area contributed by atoms with Gasteiger partial charge in [-0.25, -0.2) is 0 Å². The number of aliphatic hydroxyl groups is 1. The van der Waals surface area contributed by atoms with E-state index < -0.39 is 5.60 Å². The lowest BCUT2D eigenvalue weighted by Gasteiger charge is -2.10. The van der Waals surface area contributed by atoms with Crippen molar-refractivity contribution >= 4 is 31.9 Å². The van der Waals surface area contributed by atoms with Crippen LogP contribution in [0.4, 0.5) is 0 Å². The van der Waals surface area contributed by atoms with Crippen LogP contribution in [-0.2, 0) is 10.3 Å². The lowest BCUT2D eigenvalue weighted by atomic mass is 10.0. The van der Waals surface area contributed by atoms with E-state index in [4.69, 9.17) is 9.84 Å². The minimum atomic E-state index is -0.445. The molecule has 0 bridgehead atoms. The summed E-state index contributed by atoms with van der Waals surface area (Å²) in [5.41, 5.74) is 0.567. The van der Waals surface area contributed by atoms with Gasteiger partial charge in [0.05, 0.1) is 13.2 Å². The van der Waals surface area contributed by atoms with Gasteiger partial charge < -0.3 is 9.84 Å². The highest BCUT2D eigenvalue weighted by molar-refractivity contribution is 9.11. The highest BCUT2D eigenvalue weighted by Gasteiger charge is 2.47. The van der Waals surface area contributed by atoms with Crippen LogP contribution in [0.1, 0.15) is 5.56 Å². The number of aliphatic hydroxyl groups excluding tert-OH is 1. The van der Waals surface area contributed by atoms with E-state index in [1.54, 1.807) is 0 Å². The molecule has 0 amide bonds. The minimum Gasteiger partial charge on any atom is -0.393 e. The van der Waals surface area contributed by atoms with Crippen molar-refractivity contribution in [2.24, 2.45) is 0 Å². The summed E-state index contributed by atoms with van der Waals surface area (Å²) >= 11 is 6.81. The molecule has 0 aromatic heterocycles. The zero-order valence-electron chi connectivity index (χ0n) is 6.76. The van der Waals surface area contributed by atoms with Crippen molar-refractivity contribution in [3.8, 4) is 0 Å². The van der Waals surface area contributed by atoms with Crippen LogP contribution in [-0.4, -0.2) is 18.3 Å². The Labute approximate surface area is 93.2 Å². The van der Waals surface area contributed by atoms with E-state index in [1.807, 2.05) is 18.2 Å². The van der Waals surface area contributed by atoms with Crippen LogP contribution >= 0.6 is 31.9 Å². The molecule has 1 aromatic carbocycles. The molecule has 0 radical (unpaired) electrons. The Balaban J connectivity index is 2.41. The molecule has 2 nitrogen and oxygen atoms in total. The third kappa shape index (κ3) is 1.68. The second-order valence-corrected chi connectivity index (χ2v) is 4.84. The second kappa shape index (κ2) is 3.35. The third-order valence-corrected chi connectivity index (χ3v) is 3.32. The molecule has 1 atom stereocenters. The molecule has 1 aliphatic heterocycles. The summed E-state index contributed by atoms with van der Waals surface area (Å²) in [7, 11) is 0. The molecular formula is C9H8Br2O2. The molecule has 1 aliphatic rings. The van der Waals surface area contributed by atoms with Gasteiger partial charge >= 0.3 is 0 Å². The average molecular weight is 308 g/mol. The number of benzene rings is 1. The molecule has 1 saturated heterocycles. The first-order valence-corrected chi connectivity index (χ1v) is 5.47. The van der Waals surface area contributed by atoms with Gasteiger partial charge in [0.1, 0.15) is 5.60 Å². The maximum absolute atomic E-state index is 9.15. The van der Waals surface area contributed by atoms with Crippen molar-refractivity contribution in [3.05, 3.63) is 32.7 Å². The number of hydrogen-bond donors (Lipinski definition) is 1. The van der Waals surface area contributed by atoms with Gasteiger partial charge in [-0.05, 0) is 12.1 Å². The van der Waals surface area contributed by atoms with Crippen molar-refractivity contribution in [1.82, 2.24) is 0 Å². The van der Waals surface area contributed by atoms with Gasteiger partial charge in [-0.1, -0.05) is 37.9 Å². The lowest BCUT2D eigenvalue weighted by Crippen LogP contribution is -2.14. The standard InChI is InChI=1S/C9H8Br2O2/c10-6-1-2-7(8(11)3-6)9(4-12)5-13-9/h1-3,12H,4-5H2/t9-/m1/s1. The van der Waals surface area contributed by atoms with E-state index in [9.17, 15) is 0 Å².